The quantitative estimate of drug-likeness (QED) is 0.503. The van der Waals surface area contributed by atoms with E-state index in [-0.39, 0.29) is 23.9 Å². The van der Waals surface area contributed by atoms with Crippen molar-refractivity contribution in [1.29, 1.82) is 0 Å². The third-order valence-electron chi connectivity index (χ3n) is 2.25. The van der Waals surface area contributed by atoms with Gasteiger partial charge in [0.2, 0.25) is 0 Å². The topological polar surface area (TPSA) is 26.3 Å². The first kappa shape index (κ1) is 6.10. The van der Waals surface area contributed by atoms with Crippen molar-refractivity contribution in [3.63, 3.8) is 0 Å². The molecule has 2 heterocycles. The summed E-state index contributed by atoms with van der Waals surface area (Å²) in [5.41, 5.74) is 0. The van der Waals surface area contributed by atoms with Crippen molar-refractivity contribution in [1.82, 2.24) is 0 Å². The Labute approximate surface area is 59.9 Å². The van der Waals surface area contributed by atoms with Crippen LogP contribution in [0, 0.1) is 5.92 Å². The fourth-order valence-electron chi connectivity index (χ4n) is 1.67. The third-order valence-corrected chi connectivity index (χ3v) is 2.25. The van der Waals surface area contributed by atoms with Gasteiger partial charge in [-0.2, -0.15) is 0 Å². The summed E-state index contributed by atoms with van der Waals surface area (Å²) in [4.78, 5) is 10.9. The Balaban J connectivity index is 2.16. The first-order valence-corrected chi connectivity index (χ1v) is 3.61. The van der Waals surface area contributed by atoms with E-state index >= 15 is 0 Å². The van der Waals surface area contributed by atoms with E-state index in [1.165, 1.54) is 0 Å². The maximum atomic E-state index is 10.9. The fraction of sp³-hybridized carbons (Fsp3) is 0.625. The predicted molar refractivity (Wildman–Crippen MR) is 36.6 cm³/mol. The maximum absolute atomic E-state index is 10.9. The summed E-state index contributed by atoms with van der Waals surface area (Å²) in [6.07, 6.45) is 5.28. The van der Waals surface area contributed by atoms with Gasteiger partial charge in [-0.15, -0.1) is 0 Å². The van der Waals surface area contributed by atoms with Gasteiger partial charge in [0.25, 0.3) is 0 Å². The summed E-state index contributed by atoms with van der Waals surface area (Å²) in [7, 11) is 0. The van der Waals surface area contributed by atoms with Gasteiger partial charge in [-0.05, 0) is 13.3 Å². The molecule has 0 N–H and O–H groups in total. The summed E-state index contributed by atoms with van der Waals surface area (Å²) in [5, 5.41) is 0. The number of ether oxygens (including phenoxy) is 1. The van der Waals surface area contributed by atoms with Gasteiger partial charge in [-0.25, -0.2) is 0 Å². The normalized spacial score (nSPS) is 42.7. The highest BCUT2D eigenvalue weighted by molar-refractivity contribution is 5.79. The summed E-state index contributed by atoms with van der Waals surface area (Å²) in [5.74, 6) is 0.409. The minimum Gasteiger partial charge on any atom is -0.366 e. The van der Waals surface area contributed by atoms with Crippen LogP contribution in [0.25, 0.3) is 0 Å². The molecule has 1 saturated heterocycles. The molecule has 10 heavy (non-hydrogen) atoms. The zero-order valence-corrected chi connectivity index (χ0v) is 5.91. The molecule has 0 spiro atoms. The van der Waals surface area contributed by atoms with Crippen molar-refractivity contribution in [3.05, 3.63) is 12.2 Å². The average molecular weight is 138 g/mol. The molecule has 2 aliphatic heterocycles. The van der Waals surface area contributed by atoms with Gasteiger partial charge in [0.1, 0.15) is 5.78 Å². The molecule has 0 radical (unpaired) electrons. The SMILES string of the molecule is CC(=O)C1CC2C=CC1O2. The van der Waals surface area contributed by atoms with Gasteiger partial charge in [0, 0.05) is 0 Å². The van der Waals surface area contributed by atoms with Gasteiger partial charge in [0.05, 0.1) is 18.1 Å². The van der Waals surface area contributed by atoms with Gasteiger partial charge < -0.3 is 4.74 Å². The molecule has 54 valence electrons. The molecule has 1 fully saturated rings. The smallest absolute Gasteiger partial charge is 0.135 e. The number of carbonyl (C=O) groups excluding carboxylic acids is 1. The van der Waals surface area contributed by atoms with E-state index in [0.29, 0.717) is 0 Å². The second kappa shape index (κ2) is 1.92. The number of rotatable bonds is 1. The molecule has 0 aromatic rings. The molecule has 0 aromatic carbocycles. The second-order valence-corrected chi connectivity index (χ2v) is 2.98. The molecule has 3 atom stereocenters. The standard InChI is InChI=1S/C8H10O2/c1-5(9)7-4-6-2-3-8(7)10-6/h2-3,6-8H,4H2,1H3. The lowest BCUT2D eigenvalue weighted by atomic mass is 9.91. The van der Waals surface area contributed by atoms with E-state index < -0.39 is 0 Å². The molecule has 2 nitrogen and oxygen atoms in total. The zero-order chi connectivity index (χ0) is 7.14. The Morgan fingerprint density at radius 3 is 2.70 bits per heavy atom. The first-order valence-electron chi connectivity index (χ1n) is 3.61. The van der Waals surface area contributed by atoms with Crippen LogP contribution in [0.5, 0.6) is 0 Å². The second-order valence-electron chi connectivity index (χ2n) is 2.98. The van der Waals surface area contributed by atoms with Gasteiger partial charge >= 0.3 is 0 Å². The Morgan fingerprint density at radius 1 is 1.60 bits per heavy atom. The van der Waals surface area contributed by atoms with E-state index in [1.807, 2.05) is 12.2 Å². The van der Waals surface area contributed by atoms with Crippen molar-refractivity contribution in [2.75, 3.05) is 0 Å². The van der Waals surface area contributed by atoms with Crippen LogP contribution < -0.4 is 0 Å². The van der Waals surface area contributed by atoms with Gasteiger partial charge in [-0.1, -0.05) is 12.2 Å². The van der Waals surface area contributed by atoms with E-state index in [9.17, 15) is 4.79 Å². The van der Waals surface area contributed by atoms with Crippen LogP contribution in [-0.2, 0) is 9.53 Å². The summed E-state index contributed by atoms with van der Waals surface area (Å²) < 4.78 is 5.41. The minimum atomic E-state index is 0.0995. The number of carbonyl (C=O) groups is 1. The summed E-state index contributed by atoms with van der Waals surface area (Å²) >= 11 is 0. The molecular weight excluding hydrogens is 128 g/mol. The van der Waals surface area contributed by atoms with Crippen LogP contribution in [0.15, 0.2) is 12.2 Å². The fourth-order valence-corrected chi connectivity index (χ4v) is 1.67. The molecule has 2 bridgehead atoms. The first-order chi connectivity index (χ1) is 4.77. The monoisotopic (exact) mass is 138 g/mol. The average Bonchev–Trinajstić information content (AvgIpc) is 2.44. The molecule has 0 aromatic heterocycles. The van der Waals surface area contributed by atoms with Crippen LogP contribution in [0.4, 0.5) is 0 Å². The van der Waals surface area contributed by atoms with Crippen LogP contribution >= 0.6 is 0 Å². The summed E-state index contributed by atoms with van der Waals surface area (Å²) in [6, 6.07) is 0. The molecule has 3 unspecified atom stereocenters. The number of hydrogen-bond acceptors (Lipinski definition) is 2. The Morgan fingerprint density at radius 2 is 2.40 bits per heavy atom. The largest absolute Gasteiger partial charge is 0.366 e. The van der Waals surface area contributed by atoms with E-state index in [1.54, 1.807) is 6.92 Å². The maximum Gasteiger partial charge on any atom is 0.135 e. The van der Waals surface area contributed by atoms with Crippen LogP contribution in [-0.4, -0.2) is 18.0 Å². The highest BCUT2D eigenvalue weighted by Gasteiger charge is 2.38. The Kier molecular flexibility index (Phi) is 1.17. The number of fused-ring (bicyclic) bond motifs is 2. The summed E-state index contributed by atoms with van der Waals surface area (Å²) in [6.45, 7) is 1.64. The third kappa shape index (κ3) is 0.721. The molecule has 2 heteroatoms. The number of hydrogen-bond donors (Lipinski definition) is 0. The van der Waals surface area contributed by atoms with Crippen molar-refractivity contribution in [3.8, 4) is 0 Å². The van der Waals surface area contributed by atoms with Crippen molar-refractivity contribution in [2.24, 2.45) is 5.92 Å². The highest BCUT2D eigenvalue weighted by Crippen LogP contribution is 2.33. The minimum absolute atomic E-state index is 0.0995. The lowest BCUT2D eigenvalue weighted by Crippen LogP contribution is -2.20. The van der Waals surface area contributed by atoms with Gasteiger partial charge in [-0.3, -0.25) is 4.79 Å². The Bertz CT molecular complexity index is 195. The lowest BCUT2D eigenvalue weighted by molar-refractivity contribution is -0.121. The van der Waals surface area contributed by atoms with Crippen molar-refractivity contribution < 1.29 is 9.53 Å². The Hall–Kier alpha value is -0.630. The van der Waals surface area contributed by atoms with Crippen LogP contribution in [0.2, 0.25) is 0 Å². The molecule has 2 rings (SSSR count). The van der Waals surface area contributed by atoms with E-state index in [0.717, 1.165) is 6.42 Å². The van der Waals surface area contributed by atoms with Crippen LogP contribution in [0.3, 0.4) is 0 Å². The molecular formula is C8H10O2. The van der Waals surface area contributed by atoms with Crippen molar-refractivity contribution in [2.45, 2.75) is 25.6 Å². The molecule has 0 aliphatic carbocycles. The molecule has 0 amide bonds. The zero-order valence-electron chi connectivity index (χ0n) is 5.91. The predicted octanol–water partition coefficient (Wildman–Crippen LogP) is 0.919. The lowest BCUT2D eigenvalue weighted by Gasteiger charge is -2.09. The van der Waals surface area contributed by atoms with Crippen molar-refractivity contribution >= 4 is 5.78 Å². The van der Waals surface area contributed by atoms with E-state index in [2.05, 4.69) is 0 Å². The number of ketones is 1. The molecule has 2 aliphatic rings. The van der Waals surface area contributed by atoms with E-state index in [4.69, 9.17) is 4.74 Å². The molecule has 0 saturated carbocycles. The van der Waals surface area contributed by atoms with Crippen LogP contribution in [0.1, 0.15) is 13.3 Å². The number of Topliss-reactive ketones (excluding diaryl/α,β-unsaturated/α-hetero) is 1. The highest BCUT2D eigenvalue weighted by atomic mass is 16.5. The van der Waals surface area contributed by atoms with Gasteiger partial charge in [0.15, 0.2) is 0 Å².